The molecule has 0 unspecified atom stereocenters. The van der Waals surface area contributed by atoms with Gasteiger partial charge in [0.1, 0.15) is 5.82 Å². The van der Waals surface area contributed by atoms with Crippen molar-refractivity contribution in [2.45, 2.75) is 32.1 Å². The Morgan fingerprint density at radius 2 is 1.75 bits per heavy atom. The summed E-state index contributed by atoms with van der Waals surface area (Å²) in [6.45, 7) is 0.239. The van der Waals surface area contributed by atoms with Crippen LogP contribution in [0.5, 0.6) is 0 Å². The fourth-order valence-electron chi connectivity index (χ4n) is 1.73. The largest absolute Gasteiger partial charge is 0.469 e. The predicted molar refractivity (Wildman–Crippen MR) is 75.0 cm³/mol. The number of benzene rings is 1. The molecule has 0 bridgehead atoms. The Hall–Kier alpha value is -1.91. The number of carbonyl (C=O) groups excluding carboxylic acids is 2. The van der Waals surface area contributed by atoms with Crippen LogP contribution in [0.4, 0.5) is 10.1 Å². The molecule has 0 saturated carbocycles. The molecule has 1 aromatic rings. The molecule has 0 heterocycles. The highest BCUT2D eigenvalue weighted by Crippen LogP contribution is 2.09. The average molecular weight is 281 g/mol. The number of halogens is 1. The number of methoxy groups -OCH3 is 1. The molecule has 0 aromatic heterocycles. The Labute approximate surface area is 118 Å². The van der Waals surface area contributed by atoms with Crippen molar-refractivity contribution < 1.29 is 18.7 Å². The third-order valence-corrected chi connectivity index (χ3v) is 2.90. The number of nitrogens with one attached hydrogen (secondary N) is 1. The Morgan fingerprint density at radius 1 is 1.10 bits per heavy atom. The average Bonchev–Trinajstić information content (AvgIpc) is 2.46. The van der Waals surface area contributed by atoms with Crippen LogP contribution in [0.2, 0.25) is 0 Å². The quantitative estimate of drug-likeness (QED) is 0.558. The normalized spacial score (nSPS) is 10.1. The first kappa shape index (κ1) is 16.1. The van der Waals surface area contributed by atoms with Gasteiger partial charge in [0.25, 0.3) is 0 Å². The molecule has 0 saturated heterocycles. The lowest BCUT2D eigenvalue weighted by molar-refractivity contribution is -0.140. The van der Waals surface area contributed by atoms with Crippen LogP contribution in [0.15, 0.2) is 24.3 Å². The molecule has 0 aliphatic heterocycles. The predicted octanol–water partition coefficient (Wildman–Crippen LogP) is 2.93. The Kier molecular flexibility index (Phi) is 7.32. The first-order valence-electron chi connectivity index (χ1n) is 6.70. The van der Waals surface area contributed by atoms with Gasteiger partial charge in [0.15, 0.2) is 5.78 Å². The van der Waals surface area contributed by atoms with E-state index >= 15 is 0 Å². The van der Waals surface area contributed by atoms with Crippen LogP contribution in [0.25, 0.3) is 0 Å². The molecule has 0 radical (unpaired) electrons. The fourth-order valence-corrected chi connectivity index (χ4v) is 1.73. The van der Waals surface area contributed by atoms with Gasteiger partial charge in [-0.3, -0.25) is 9.59 Å². The molecule has 1 aromatic carbocycles. The van der Waals surface area contributed by atoms with Gasteiger partial charge in [-0.05, 0) is 37.1 Å². The van der Waals surface area contributed by atoms with Crippen LogP contribution >= 0.6 is 0 Å². The minimum absolute atomic E-state index is 0.104. The zero-order valence-corrected chi connectivity index (χ0v) is 11.7. The summed E-state index contributed by atoms with van der Waals surface area (Å²) in [5.41, 5.74) is 0.727. The van der Waals surface area contributed by atoms with Crippen molar-refractivity contribution >= 4 is 17.4 Å². The number of rotatable bonds is 9. The van der Waals surface area contributed by atoms with Gasteiger partial charge in [-0.2, -0.15) is 0 Å². The van der Waals surface area contributed by atoms with Gasteiger partial charge >= 0.3 is 5.97 Å². The summed E-state index contributed by atoms with van der Waals surface area (Å²) in [6, 6.07) is 5.89. The summed E-state index contributed by atoms with van der Waals surface area (Å²) >= 11 is 0. The summed E-state index contributed by atoms with van der Waals surface area (Å²) in [5.74, 6) is -0.408. The molecule has 1 N–H and O–H groups in total. The zero-order valence-electron chi connectivity index (χ0n) is 11.7. The van der Waals surface area contributed by atoms with Crippen molar-refractivity contribution in [3.63, 3.8) is 0 Å². The molecule has 0 fully saturated rings. The Bertz CT molecular complexity index is 431. The maximum atomic E-state index is 12.7. The van der Waals surface area contributed by atoms with Gasteiger partial charge < -0.3 is 10.1 Å². The molecule has 0 amide bonds. The van der Waals surface area contributed by atoms with Gasteiger partial charge in [0.2, 0.25) is 0 Å². The first-order valence-corrected chi connectivity index (χ1v) is 6.70. The maximum Gasteiger partial charge on any atom is 0.305 e. The van der Waals surface area contributed by atoms with Gasteiger partial charge in [-0.25, -0.2) is 4.39 Å². The molecular formula is C15H20FNO3. The minimum Gasteiger partial charge on any atom is -0.469 e. The summed E-state index contributed by atoms with van der Waals surface area (Å²) in [7, 11) is 1.37. The molecule has 0 spiro atoms. The second-order valence-electron chi connectivity index (χ2n) is 4.54. The summed E-state index contributed by atoms with van der Waals surface area (Å²) < 4.78 is 17.2. The topological polar surface area (TPSA) is 55.4 Å². The number of esters is 1. The van der Waals surface area contributed by atoms with Gasteiger partial charge in [0.05, 0.1) is 13.7 Å². The van der Waals surface area contributed by atoms with E-state index in [0.29, 0.717) is 12.8 Å². The highest BCUT2D eigenvalue weighted by Gasteiger charge is 2.03. The molecule has 1 rings (SSSR count). The van der Waals surface area contributed by atoms with E-state index in [-0.39, 0.29) is 24.1 Å². The smallest absolute Gasteiger partial charge is 0.305 e. The van der Waals surface area contributed by atoms with Gasteiger partial charge in [0, 0.05) is 18.5 Å². The van der Waals surface area contributed by atoms with Crippen LogP contribution in [0.1, 0.15) is 32.1 Å². The van der Waals surface area contributed by atoms with Crippen LogP contribution < -0.4 is 5.32 Å². The second kappa shape index (κ2) is 9.07. The SMILES string of the molecule is COC(=O)CCCCCC(=O)CNc1ccc(F)cc1. The van der Waals surface area contributed by atoms with Crippen molar-refractivity contribution in [3.05, 3.63) is 30.1 Å². The lowest BCUT2D eigenvalue weighted by Crippen LogP contribution is -2.13. The highest BCUT2D eigenvalue weighted by molar-refractivity contribution is 5.82. The third kappa shape index (κ3) is 6.87. The van der Waals surface area contributed by atoms with Crippen molar-refractivity contribution in [1.82, 2.24) is 0 Å². The standard InChI is InChI=1S/C15H20FNO3/c1-20-15(19)6-4-2-3-5-14(18)11-17-13-9-7-12(16)8-10-13/h7-10,17H,2-6,11H2,1H3. The van der Waals surface area contributed by atoms with E-state index in [1.54, 1.807) is 12.1 Å². The number of Topliss-reactive ketones (excluding diaryl/α,β-unsaturated/α-hetero) is 1. The molecule has 20 heavy (non-hydrogen) atoms. The van der Waals surface area contributed by atoms with Crippen LogP contribution in [-0.2, 0) is 14.3 Å². The number of ketones is 1. The van der Waals surface area contributed by atoms with E-state index in [9.17, 15) is 14.0 Å². The number of hydrogen-bond acceptors (Lipinski definition) is 4. The van der Waals surface area contributed by atoms with Crippen molar-refractivity contribution in [3.8, 4) is 0 Å². The van der Waals surface area contributed by atoms with Crippen molar-refractivity contribution in [2.24, 2.45) is 0 Å². The first-order chi connectivity index (χ1) is 9.61. The lowest BCUT2D eigenvalue weighted by Gasteiger charge is -2.05. The molecular weight excluding hydrogens is 261 g/mol. The Morgan fingerprint density at radius 3 is 2.40 bits per heavy atom. The molecule has 110 valence electrons. The van der Waals surface area contributed by atoms with Gasteiger partial charge in [-0.1, -0.05) is 6.42 Å². The number of unbranched alkanes of at least 4 members (excludes halogenated alkanes) is 2. The monoisotopic (exact) mass is 281 g/mol. The number of ether oxygens (including phenoxy) is 1. The van der Waals surface area contributed by atoms with E-state index in [1.165, 1.54) is 19.2 Å². The molecule has 0 aliphatic carbocycles. The van der Waals surface area contributed by atoms with E-state index in [4.69, 9.17) is 0 Å². The van der Waals surface area contributed by atoms with Crippen LogP contribution in [-0.4, -0.2) is 25.4 Å². The van der Waals surface area contributed by atoms with E-state index < -0.39 is 0 Å². The number of carbonyl (C=O) groups is 2. The van der Waals surface area contributed by atoms with E-state index in [2.05, 4.69) is 10.1 Å². The summed E-state index contributed by atoms with van der Waals surface area (Å²) in [6.07, 6.45) is 3.22. The molecule has 4 nitrogen and oxygen atoms in total. The molecule has 0 aliphatic rings. The lowest BCUT2D eigenvalue weighted by atomic mass is 10.1. The maximum absolute atomic E-state index is 12.7. The van der Waals surface area contributed by atoms with Crippen LogP contribution in [0.3, 0.4) is 0 Å². The third-order valence-electron chi connectivity index (χ3n) is 2.90. The van der Waals surface area contributed by atoms with Crippen molar-refractivity contribution in [1.29, 1.82) is 0 Å². The molecule has 5 heteroatoms. The zero-order chi connectivity index (χ0) is 14.8. The minimum atomic E-state index is -0.299. The highest BCUT2D eigenvalue weighted by atomic mass is 19.1. The summed E-state index contributed by atoms with van der Waals surface area (Å²) in [5, 5.41) is 2.95. The van der Waals surface area contributed by atoms with Crippen LogP contribution in [0, 0.1) is 5.82 Å². The Balaban J connectivity index is 2.08. The second-order valence-corrected chi connectivity index (χ2v) is 4.54. The van der Waals surface area contributed by atoms with E-state index in [0.717, 1.165) is 24.9 Å². The summed E-state index contributed by atoms with van der Waals surface area (Å²) in [4.78, 5) is 22.5. The fraction of sp³-hybridized carbons (Fsp3) is 0.467. The number of hydrogen-bond donors (Lipinski definition) is 1. The molecule has 0 atom stereocenters. The van der Waals surface area contributed by atoms with E-state index in [1.807, 2.05) is 0 Å². The van der Waals surface area contributed by atoms with Crippen molar-refractivity contribution in [2.75, 3.05) is 19.0 Å². The van der Waals surface area contributed by atoms with Gasteiger partial charge in [-0.15, -0.1) is 0 Å². The number of anilines is 1.